The number of rotatable bonds is 1. The van der Waals surface area contributed by atoms with Gasteiger partial charge in [0.2, 0.25) is 25.0 Å². The van der Waals surface area contributed by atoms with E-state index in [1.54, 1.807) is 0 Å². The van der Waals surface area contributed by atoms with Gasteiger partial charge in [0, 0.05) is 0 Å². The van der Waals surface area contributed by atoms with Crippen molar-refractivity contribution in [3.8, 4) is 0 Å². The molecule has 0 spiro atoms. The summed E-state index contributed by atoms with van der Waals surface area (Å²) < 4.78 is 6.39. The Morgan fingerprint density at radius 3 is 2.06 bits per heavy atom. The SMILES string of the molecule is C[Si](C)(O)c1ccc2c(c1)[Si](C)(C)O[Si]2(C)C. The van der Waals surface area contributed by atoms with Gasteiger partial charge in [-0.1, -0.05) is 18.2 Å². The standard InChI is InChI=1S/C12H22O2Si3/c1-15(2,13)10-7-8-11-12(9-10)17(5,6)14-16(11,3)4/h7-9,13H,1-6H3. The van der Waals surface area contributed by atoms with Crippen LogP contribution in [0.2, 0.25) is 39.3 Å². The summed E-state index contributed by atoms with van der Waals surface area (Å²) in [6, 6.07) is 6.55. The van der Waals surface area contributed by atoms with Crippen LogP contribution < -0.4 is 15.6 Å². The molecule has 0 aromatic heterocycles. The Morgan fingerprint density at radius 2 is 1.53 bits per heavy atom. The predicted octanol–water partition coefficient (Wildman–Crippen LogP) is 0.945. The van der Waals surface area contributed by atoms with Crippen LogP contribution in [0.1, 0.15) is 0 Å². The van der Waals surface area contributed by atoms with Gasteiger partial charge in [-0.15, -0.1) is 0 Å². The van der Waals surface area contributed by atoms with Crippen molar-refractivity contribution < 1.29 is 8.91 Å². The van der Waals surface area contributed by atoms with Gasteiger partial charge in [-0.3, -0.25) is 0 Å². The van der Waals surface area contributed by atoms with E-state index in [-0.39, 0.29) is 0 Å². The van der Waals surface area contributed by atoms with Crippen LogP contribution in [0, 0.1) is 0 Å². The van der Waals surface area contributed by atoms with Gasteiger partial charge in [-0.25, -0.2) is 0 Å². The summed E-state index contributed by atoms with van der Waals surface area (Å²) in [5, 5.41) is 3.99. The second-order valence-electron chi connectivity index (χ2n) is 6.44. The molecule has 2 rings (SSSR count). The molecule has 0 radical (unpaired) electrons. The van der Waals surface area contributed by atoms with Crippen LogP contribution in [-0.2, 0) is 4.12 Å². The molecule has 1 aliphatic rings. The van der Waals surface area contributed by atoms with Crippen molar-refractivity contribution in [2.24, 2.45) is 0 Å². The lowest BCUT2D eigenvalue weighted by molar-refractivity contribution is 0.568. The van der Waals surface area contributed by atoms with Crippen molar-refractivity contribution in [2.75, 3.05) is 0 Å². The third kappa shape index (κ3) is 2.22. The first-order valence-electron chi connectivity index (χ1n) is 6.12. The fourth-order valence-electron chi connectivity index (χ4n) is 2.70. The van der Waals surface area contributed by atoms with Gasteiger partial charge in [0.1, 0.15) is 0 Å². The fraction of sp³-hybridized carbons (Fsp3) is 0.500. The summed E-state index contributed by atoms with van der Waals surface area (Å²) in [7, 11) is -5.62. The van der Waals surface area contributed by atoms with E-state index in [1.807, 2.05) is 13.1 Å². The zero-order valence-electron chi connectivity index (χ0n) is 11.6. The lowest BCUT2D eigenvalue weighted by Crippen LogP contribution is -2.50. The summed E-state index contributed by atoms with van der Waals surface area (Å²) in [4.78, 5) is 10.2. The van der Waals surface area contributed by atoms with E-state index >= 15 is 0 Å². The Morgan fingerprint density at radius 1 is 1.00 bits per heavy atom. The molecule has 17 heavy (non-hydrogen) atoms. The van der Waals surface area contributed by atoms with Gasteiger partial charge in [0.15, 0.2) is 0 Å². The van der Waals surface area contributed by atoms with Crippen molar-refractivity contribution in [3.63, 3.8) is 0 Å². The van der Waals surface area contributed by atoms with Crippen molar-refractivity contribution in [1.29, 1.82) is 0 Å². The predicted molar refractivity (Wildman–Crippen MR) is 81.1 cm³/mol. The Hall–Kier alpha value is -0.209. The quantitative estimate of drug-likeness (QED) is 0.777. The Kier molecular flexibility index (Phi) is 2.84. The minimum absolute atomic E-state index is 1.13. The summed E-state index contributed by atoms with van der Waals surface area (Å²) in [5.41, 5.74) is 0. The molecule has 0 aliphatic carbocycles. The molecular weight excluding hydrogens is 260 g/mol. The first-order chi connectivity index (χ1) is 7.54. The monoisotopic (exact) mass is 282 g/mol. The minimum atomic E-state index is -2.20. The number of benzene rings is 1. The fourth-order valence-corrected chi connectivity index (χ4v) is 14.1. The van der Waals surface area contributed by atoms with Crippen molar-refractivity contribution in [1.82, 2.24) is 0 Å². The van der Waals surface area contributed by atoms with Gasteiger partial charge in [-0.05, 0) is 54.8 Å². The smallest absolute Gasteiger partial charge is 0.213 e. The van der Waals surface area contributed by atoms with Crippen molar-refractivity contribution in [3.05, 3.63) is 18.2 Å². The molecule has 94 valence electrons. The molecule has 1 aromatic rings. The third-order valence-corrected chi connectivity index (χ3v) is 13.0. The molecule has 1 N–H and O–H groups in total. The van der Waals surface area contributed by atoms with E-state index in [0.29, 0.717) is 0 Å². The Labute approximate surface area is 107 Å². The maximum absolute atomic E-state index is 10.2. The molecule has 1 heterocycles. The lowest BCUT2D eigenvalue weighted by Gasteiger charge is -2.22. The molecule has 0 bridgehead atoms. The summed E-state index contributed by atoms with van der Waals surface area (Å²) in [6.45, 7) is 13.0. The summed E-state index contributed by atoms with van der Waals surface area (Å²) >= 11 is 0. The molecule has 0 unspecified atom stereocenters. The van der Waals surface area contributed by atoms with Gasteiger partial charge >= 0.3 is 0 Å². The first-order valence-corrected chi connectivity index (χ1v) is 14.9. The highest BCUT2D eigenvalue weighted by Gasteiger charge is 2.46. The molecular formula is C12H22O2Si3. The van der Waals surface area contributed by atoms with Gasteiger partial charge in [-0.2, -0.15) is 0 Å². The summed E-state index contributed by atoms with van der Waals surface area (Å²) in [5.74, 6) is 0. The van der Waals surface area contributed by atoms with Crippen LogP contribution in [0.3, 0.4) is 0 Å². The topological polar surface area (TPSA) is 29.5 Å². The van der Waals surface area contributed by atoms with Crippen LogP contribution in [-0.4, -0.2) is 29.7 Å². The summed E-state index contributed by atoms with van der Waals surface area (Å²) in [6.07, 6.45) is 0. The van der Waals surface area contributed by atoms with Crippen LogP contribution in [0.25, 0.3) is 0 Å². The molecule has 1 aliphatic heterocycles. The van der Waals surface area contributed by atoms with Crippen LogP contribution in [0.5, 0.6) is 0 Å². The molecule has 0 fully saturated rings. The largest absolute Gasteiger partial charge is 0.449 e. The second kappa shape index (κ2) is 3.64. The number of fused-ring (bicyclic) bond motifs is 1. The van der Waals surface area contributed by atoms with Gasteiger partial charge in [0.05, 0.1) is 0 Å². The van der Waals surface area contributed by atoms with Crippen LogP contribution in [0.15, 0.2) is 18.2 Å². The number of hydrogen-bond acceptors (Lipinski definition) is 2. The van der Waals surface area contributed by atoms with Crippen molar-refractivity contribution in [2.45, 2.75) is 39.3 Å². The lowest BCUT2D eigenvalue weighted by atomic mass is 10.3. The van der Waals surface area contributed by atoms with E-state index in [0.717, 1.165) is 5.19 Å². The number of hydrogen-bond donors (Lipinski definition) is 1. The molecule has 2 nitrogen and oxygen atoms in total. The Bertz CT molecular complexity index is 461. The molecule has 0 atom stereocenters. The highest BCUT2D eigenvalue weighted by molar-refractivity contribution is 7.06. The third-order valence-electron chi connectivity index (χ3n) is 3.53. The second-order valence-corrected chi connectivity index (χ2v) is 18.1. The van der Waals surface area contributed by atoms with Crippen LogP contribution in [0.4, 0.5) is 0 Å². The van der Waals surface area contributed by atoms with E-state index in [9.17, 15) is 4.80 Å². The zero-order valence-corrected chi connectivity index (χ0v) is 14.6. The molecule has 0 saturated carbocycles. The maximum atomic E-state index is 10.2. The average molecular weight is 283 g/mol. The van der Waals surface area contributed by atoms with Gasteiger partial charge < -0.3 is 8.91 Å². The minimum Gasteiger partial charge on any atom is -0.449 e. The van der Waals surface area contributed by atoms with Crippen LogP contribution >= 0.6 is 0 Å². The zero-order chi connectivity index (χ0) is 13.1. The van der Waals surface area contributed by atoms with E-state index in [2.05, 4.69) is 44.4 Å². The van der Waals surface area contributed by atoms with Gasteiger partial charge in [0.25, 0.3) is 0 Å². The Balaban J connectivity index is 2.61. The van der Waals surface area contributed by atoms with E-state index in [1.165, 1.54) is 10.4 Å². The highest BCUT2D eigenvalue weighted by atomic mass is 28.4. The van der Waals surface area contributed by atoms with Crippen molar-refractivity contribution >= 4 is 40.5 Å². The van der Waals surface area contributed by atoms with E-state index in [4.69, 9.17) is 4.12 Å². The van der Waals surface area contributed by atoms with E-state index < -0.39 is 25.0 Å². The normalized spacial score (nSPS) is 21.4. The molecule has 0 amide bonds. The average Bonchev–Trinajstić information content (AvgIpc) is 2.31. The molecule has 1 aromatic carbocycles. The highest BCUT2D eigenvalue weighted by Crippen LogP contribution is 2.20. The first kappa shape index (κ1) is 13.2. The molecule has 5 heteroatoms. The molecule has 0 saturated heterocycles. The maximum Gasteiger partial charge on any atom is 0.213 e.